The summed E-state index contributed by atoms with van der Waals surface area (Å²) in [7, 11) is 0. The van der Waals surface area contributed by atoms with Crippen molar-refractivity contribution in [2.75, 3.05) is 19.6 Å². The number of nitrogens with zero attached hydrogens (tertiary/aromatic N) is 2. The molecule has 5 heteroatoms. The molecule has 1 atom stereocenters. The number of nitrogens with one attached hydrogen (secondary N) is 1. The molecule has 3 aliphatic heterocycles. The second kappa shape index (κ2) is 5.56. The molecule has 4 rings (SSSR count). The molecule has 0 saturated carbocycles. The highest BCUT2D eigenvalue weighted by Crippen LogP contribution is 2.27. The predicted octanol–water partition coefficient (Wildman–Crippen LogP) is 1.43. The van der Waals surface area contributed by atoms with Gasteiger partial charge in [-0.15, -0.1) is 0 Å². The van der Waals surface area contributed by atoms with E-state index in [0.717, 1.165) is 23.6 Å². The molecule has 1 amide bonds. The van der Waals surface area contributed by atoms with E-state index in [9.17, 15) is 4.79 Å². The summed E-state index contributed by atoms with van der Waals surface area (Å²) in [6.07, 6.45) is 3.70. The van der Waals surface area contributed by atoms with Gasteiger partial charge >= 0.3 is 0 Å². The van der Waals surface area contributed by atoms with Crippen LogP contribution in [0.3, 0.4) is 0 Å². The van der Waals surface area contributed by atoms with Crippen LogP contribution in [0, 0.1) is 19.8 Å². The van der Waals surface area contributed by atoms with Gasteiger partial charge in [-0.05, 0) is 52.1 Å². The van der Waals surface area contributed by atoms with Crippen LogP contribution >= 0.6 is 0 Å². The van der Waals surface area contributed by atoms with Gasteiger partial charge in [0.05, 0.1) is 5.69 Å². The van der Waals surface area contributed by atoms with E-state index in [1.807, 2.05) is 13.8 Å². The van der Waals surface area contributed by atoms with Gasteiger partial charge in [0.15, 0.2) is 0 Å². The van der Waals surface area contributed by atoms with Gasteiger partial charge in [-0.25, -0.2) is 0 Å². The Labute approximate surface area is 119 Å². The van der Waals surface area contributed by atoms with Crippen LogP contribution in [-0.4, -0.2) is 41.6 Å². The summed E-state index contributed by atoms with van der Waals surface area (Å²) in [4.78, 5) is 14.6. The lowest BCUT2D eigenvalue weighted by molar-refractivity contribution is -0.123. The summed E-state index contributed by atoms with van der Waals surface area (Å²) >= 11 is 0. The fraction of sp³-hybridized carbons (Fsp3) is 0.733. The molecule has 0 spiro atoms. The summed E-state index contributed by atoms with van der Waals surface area (Å²) in [5, 5.41) is 7.15. The highest BCUT2D eigenvalue weighted by molar-refractivity contribution is 5.76. The molecule has 5 nitrogen and oxygen atoms in total. The Kier molecular flexibility index (Phi) is 3.78. The quantitative estimate of drug-likeness (QED) is 0.904. The average Bonchev–Trinajstić information content (AvgIpc) is 2.77. The smallest absolute Gasteiger partial charge is 0.220 e. The van der Waals surface area contributed by atoms with Crippen LogP contribution in [0.4, 0.5) is 0 Å². The van der Waals surface area contributed by atoms with E-state index in [4.69, 9.17) is 4.52 Å². The first-order chi connectivity index (χ1) is 9.63. The fourth-order valence-corrected chi connectivity index (χ4v) is 3.50. The summed E-state index contributed by atoms with van der Waals surface area (Å²) in [5.41, 5.74) is 1.98. The van der Waals surface area contributed by atoms with Crippen molar-refractivity contribution in [1.29, 1.82) is 0 Å². The number of fused-ring (bicyclic) bond motifs is 3. The van der Waals surface area contributed by atoms with Crippen LogP contribution in [0.5, 0.6) is 0 Å². The molecule has 0 aliphatic carbocycles. The summed E-state index contributed by atoms with van der Waals surface area (Å²) in [6.45, 7) is 7.27. The number of hydrogen-bond donors (Lipinski definition) is 1. The summed E-state index contributed by atoms with van der Waals surface area (Å²) in [5.74, 6) is 1.67. The molecule has 1 N–H and O–H groups in total. The number of amides is 1. The first-order valence-electron chi connectivity index (χ1n) is 7.57. The lowest BCUT2D eigenvalue weighted by atomic mass is 9.84. The average molecular weight is 277 g/mol. The molecule has 3 aliphatic rings. The Morgan fingerprint density at radius 1 is 1.40 bits per heavy atom. The van der Waals surface area contributed by atoms with Crippen molar-refractivity contribution in [3.05, 3.63) is 17.0 Å². The number of carbonyl (C=O) groups excluding carboxylic acids is 1. The van der Waals surface area contributed by atoms with E-state index in [-0.39, 0.29) is 5.91 Å². The minimum absolute atomic E-state index is 0.156. The molecule has 3 fully saturated rings. The SMILES string of the molecule is Cc1noc(C)c1CCC(=O)NC1CN2CCC1CC2. The molecule has 1 aromatic heterocycles. The van der Waals surface area contributed by atoms with Crippen LogP contribution < -0.4 is 5.32 Å². The third-order valence-electron chi connectivity index (χ3n) is 4.79. The van der Waals surface area contributed by atoms with Gasteiger partial charge in [-0.2, -0.15) is 0 Å². The fourth-order valence-electron chi connectivity index (χ4n) is 3.50. The summed E-state index contributed by atoms with van der Waals surface area (Å²) in [6, 6.07) is 0.356. The number of piperidine rings is 3. The minimum Gasteiger partial charge on any atom is -0.361 e. The topological polar surface area (TPSA) is 58.4 Å². The maximum Gasteiger partial charge on any atom is 0.220 e. The van der Waals surface area contributed by atoms with Crippen molar-refractivity contribution in [3.8, 4) is 0 Å². The molecule has 0 aromatic carbocycles. The molecule has 2 bridgehead atoms. The van der Waals surface area contributed by atoms with Crippen molar-refractivity contribution in [2.45, 2.75) is 45.6 Å². The second-order valence-electron chi connectivity index (χ2n) is 6.11. The number of aromatic nitrogens is 1. The minimum atomic E-state index is 0.156. The van der Waals surface area contributed by atoms with Gasteiger partial charge in [0.1, 0.15) is 5.76 Å². The lowest BCUT2D eigenvalue weighted by Crippen LogP contribution is -2.57. The molecule has 1 unspecified atom stereocenters. The number of rotatable bonds is 4. The van der Waals surface area contributed by atoms with Crippen molar-refractivity contribution in [1.82, 2.24) is 15.4 Å². The molecule has 0 radical (unpaired) electrons. The zero-order valence-corrected chi connectivity index (χ0v) is 12.3. The first kappa shape index (κ1) is 13.6. The standard InChI is InChI=1S/C15H23N3O2/c1-10-13(11(2)20-17-10)3-4-15(19)16-14-9-18-7-5-12(14)6-8-18/h12,14H,3-9H2,1-2H3,(H,16,19). The Balaban J connectivity index is 1.50. The van der Waals surface area contributed by atoms with Crippen molar-refractivity contribution >= 4 is 5.91 Å². The van der Waals surface area contributed by atoms with Crippen LogP contribution in [0.2, 0.25) is 0 Å². The van der Waals surface area contributed by atoms with Gasteiger partial charge in [-0.3, -0.25) is 4.79 Å². The third-order valence-corrected chi connectivity index (χ3v) is 4.79. The second-order valence-corrected chi connectivity index (χ2v) is 6.11. The molecule has 110 valence electrons. The molecular formula is C15H23N3O2. The largest absolute Gasteiger partial charge is 0.361 e. The van der Waals surface area contributed by atoms with E-state index in [2.05, 4.69) is 15.4 Å². The normalized spacial score (nSPS) is 28.6. The Bertz CT molecular complexity index is 470. The zero-order chi connectivity index (χ0) is 14.1. The number of aryl methyl sites for hydroxylation is 2. The highest BCUT2D eigenvalue weighted by atomic mass is 16.5. The molecule has 20 heavy (non-hydrogen) atoms. The monoisotopic (exact) mass is 277 g/mol. The molecule has 4 heterocycles. The molecular weight excluding hydrogens is 254 g/mol. The van der Waals surface area contributed by atoms with E-state index in [1.54, 1.807) is 0 Å². The van der Waals surface area contributed by atoms with Crippen molar-refractivity contribution < 1.29 is 9.32 Å². The van der Waals surface area contributed by atoms with Gasteiger partial charge < -0.3 is 14.7 Å². The summed E-state index contributed by atoms with van der Waals surface area (Å²) < 4.78 is 5.13. The van der Waals surface area contributed by atoms with Gasteiger partial charge in [0, 0.05) is 24.6 Å². The van der Waals surface area contributed by atoms with E-state index < -0.39 is 0 Å². The Morgan fingerprint density at radius 3 is 2.70 bits per heavy atom. The maximum absolute atomic E-state index is 12.1. The lowest BCUT2D eigenvalue weighted by Gasteiger charge is -2.44. The molecule has 1 aromatic rings. The molecule has 3 saturated heterocycles. The van der Waals surface area contributed by atoms with E-state index in [1.165, 1.54) is 25.9 Å². The number of carbonyl (C=O) groups is 1. The van der Waals surface area contributed by atoms with Crippen LogP contribution in [0.25, 0.3) is 0 Å². The van der Waals surface area contributed by atoms with Crippen molar-refractivity contribution in [2.24, 2.45) is 5.92 Å². The van der Waals surface area contributed by atoms with Gasteiger partial charge in [0.2, 0.25) is 5.91 Å². The highest BCUT2D eigenvalue weighted by Gasteiger charge is 2.34. The van der Waals surface area contributed by atoms with Gasteiger partial charge in [-0.1, -0.05) is 5.16 Å². The third kappa shape index (κ3) is 2.73. The maximum atomic E-state index is 12.1. The Morgan fingerprint density at radius 2 is 2.15 bits per heavy atom. The van der Waals surface area contributed by atoms with E-state index in [0.29, 0.717) is 24.8 Å². The van der Waals surface area contributed by atoms with Crippen LogP contribution in [0.15, 0.2) is 4.52 Å². The predicted molar refractivity (Wildman–Crippen MR) is 75.4 cm³/mol. The zero-order valence-electron chi connectivity index (χ0n) is 12.3. The number of hydrogen-bond acceptors (Lipinski definition) is 4. The van der Waals surface area contributed by atoms with Gasteiger partial charge in [0.25, 0.3) is 0 Å². The first-order valence-corrected chi connectivity index (χ1v) is 7.57. The van der Waals surface area contributed by atoms with Crippen LogP contribution in [-0.2, 0) is 11.2 Å². The van der Waals surface area contributed by atoms with Crippen LogP contribution in [0.1, 0.15) is 36.3 Å². The van der Waals surface area contributed by atoms with E-state index >= 15 is 0 Å². The Hall–Kier alpha value is -1.36. The van der Waals surface area contributed by atoms with Crippen molar-refractivity contribution in [3.63, 3.8) is 0 Å².